The van der Waals surface area contributed by atoms with Gasteiger partial charge in [0.15, 0.2) is 0 Å². The number of aliphatic hydroxyl groups is 1. The monoisotopic (exact) mass is 280 g/mol. The molecule has 0 aliphatic heterocycles. The zero-order chi connectivity index (χ0) is 15.0. The van der Waals surface area contributed by atoms with Crippen molar-refractivity contribution >= 4 is 6.03 Å². The van der Waals surface area contributed by atoms with E-state index in [1.54, 1.807) is 0 Å². The third-order valence-electron chi connectivity index (χ3n) is 2.81. The summed E-state index contributed by atoms with van der Waals surface area (Å²) in [5.74, 6) is 0. The molecule has 5 heteroatoms. The van der Waals surface area contributed by atoms with Crippen molar-refractivity contribution in [2.24, 2.45) is 0 Å². The van der Waals surface area contributed by atoms with Crippen LogP contribution in [0.3, 0.4) is 0 Å². The second-order valence-electron chi connectivity index (χ2n) is 5.27. The first-order valence-electron chi connectivity index (χ1n) is 6.80. The molecular weight excluding hydrogens is 256 g/mol. The minimum absolute atomic E-state index is 0.149. The molecule has 5 nitrogen and oxygen atoms in total. The van der Waals surface area contributed by atoms with Crippen LogP contribution in [0.5, 0.6) is 0 Å². The Morgan fingerprint density at radius 2 is 2.00 bits per heavy atom. The van der Waals surface area contributed by atoms with Crippen molar-refractivity contribution in [2.75, 3.05) is 19.8 Å². The number of nitrogens with one attached hydrogen (secondary N) is 2. The lowest BCUT2D eigenvalue weighted by molar-refractivity contribution is 0.0945. The predicted octanol–water partition coefficient (Wildman–Crippen LogP) is 1.83. The van der Waals surface area contributed by atoms with E-state index >= 15 is 0 Å². The number of carbonyl (C=O) groups is 1. The average molecular weight is 280 g/mol. The minimum Gasteiger partial charge on any atom is -0.394 e. The van der Waals surface area contributed by atoms with Gasteiger partial charge in [0.05, 0.1) is 24.8 Å². The van der Waals surface area contributed by atoms with E-state index in [4.69, 9.17) is 4.74 Å². The van der Waals surface area contributed by atoms with E-state index in [2.05, 4.69) is 10.6 Å². The first kappa shape index (κ1) is 16.5. The summed E-state index contributed by atoms with van der Waals surface area (Å²) in [7, 11) is 0. The van der Waals surface area contributed by atoms with Gasteiger partial charge in [-0.2, -0.15) is 0 Å². The van der Waals surface area contributed by atoms with Crippen LogP contribution in [-0.2, 0) is 4.74 Å². The number of rotatable bonds is 7. The Labute approximate surface area is 120 Å². The van der Waals surface area contributed by atoms with Gasteiger partial charge in [0, 0.05) is 6.61 Å². The number of benzene rings is 1. The maximum absolute atomic E-state index is 12.0. The summed E-state index contributed by atoms with van der Waals surface area (Å²) in [6.45, 7) is 6.58. The molecule has 1 rings (SSSR count). The minimum atomic E-state index is -0.462. The Balaban J connectivity index is 2.56. The molecule has 0 aliphatic rings. The van der Waals surface area contributed by atoms with E-state index in [1.807, 2.05) is 51.1 Å². The van der Waals surface area contributed by atoms with E-state index in [-0.39, 0.29) is 12.6 Å². The summed E-state index contributed by atoms with van der Waals surface area (Å²) in [5, 5.41) is 15.0. The third-order valence-corrected chi connectivity index (χ3v) is 2.81. The van der Waals surface area contributed by atoms with Gasteiger partial charge < -0.3 is 20.5 Å². The highest BCUT2D eigenvalue weighted by atomic mass is 16.5. The molecule has 0 bridgehead atoms. The summed E-state index contributed by atoms with van der Waals surface area (Å²) in [4.78, 5) is 12.0. The Kier molecular flexibility index (Phi) is 6.48. The lowest BCUT2D eigenvalue weighted by Crippen LogP contribution is -2.52. The standard InChI is InChI=1S/C15H24N2O3/c1-4-20-11-15(2,3)17-14(19)16-13(10-18)12-8-6-5-7-9-12/h5-9,13,18H,4,10-11H2,1-3H3,(H2,16,17,19)/t13-/m0/s1. The number of amides is 2. The van der Waals surface area contributed by atoms with Crippen LogP contribution in [0.25, 0.3) is 0 Å². The zero-order valence-electron chi connectivity index (χ0n) is 12.3. The van der Waals surface area contributed by atoms with E-state index in [1.165, 1.54) is 0 Å². The molecular formula is C15H24N2O3. The molecule has 3 N–H and O–H groups in total. The normalized spacial score (nSPS) is 12.8. The van der Waals surface area contributed by atoms with Gasteiger partial charge in [-0.1, -0.05) is 30.3 Å². The van der Waals surface area contributed by atoms with Crippen LogP contribution in [0.2, 0.25) is 0 Å². The Morgan fingerprint density at radius 1 is 1.35 bits per heavy atom. The van der Waals surface area contributed by atoms with Crippen LogP contribution in [0.15, 0.2) is 30.3 Å². The molecule has 0 heterocycles. The van der Waals surface area contributed by atoms with Crippen LogP contribution in [0, 0.1) is 0 Å². The van der Waals surface area contributed by atoms with Crippen molar-refractivity contribution in [3.63, 3.8) is 0 Å². The maximum atomic E-state index is 12.0. The Hall–Kier alpha value is -1.59. The van der Waals surface area contributed by atoms with Gasteiger partial charge in [-0.25, -0.2) is 4.79 Å². The fourth-order valence-electron chi connectivity index (χ4n) is 1.81. The molecule has 1 atom stereocenters. The predicted molar refractivity (Wildman–Crippen MR) is 78.5 cm³/mol. The second kappa shape index (κ2) is 7.87. The highest BCUT2D eigenvalue weighted by Crippen LogP contribution is 2.11. The topological polar surface area (TPSA) is 70.6 Å². The van der Waals surface area contributed by atoms with E-state index in [0.29, 0.717) is 13.2 Å². The molecule has 20 heavy (non-hydrogen) atoms. The number of ether oxygens (including phenoxy) is 1. The van der Waals surface area contributed by atoms with Gasteiger partial charge in [0.1, 0.15) is 0 Å². The highest BCUT2D eigenvalue weighted by Gasteiger charge is 2.22. The van der Waals surface area contributed by atoms with Gasteiger partial charge >= 0.3 is 6.03 Å². The second-order valence-corrected chi connectivity index (χ2v) is 5.27. The average Bonchev–Trinajstić information content (AvgIpc) is 2.43. The fourth-order valence-corrected chi connectivity index (χ4v) is 1.81. The maximum Gasteiger partial charge on any atom is 0.315 e. The molecule has 2 amide bonds. The molecule has 0 unspecified atom stereocenters. The van der Waals surface area contributed by atoms with Crippen LogP contribution < -0.4 is 10.6 Å². The zero-order valence-corrected chi connectivity index (χ0v) is 12.3. The molecule has 1 aromatic carbocycles. The largest absolute Gasteiger partial charge is 0.394 e. The number of hydrogen-bond donors (Lipinski definition) is 3. The number of urea groups is 1. The molecule has 0 aliphatic carbocycles. The van der Waals surface area contributed by atoms with Crippen LogP contribution in [0.1, 0.15) is 32.4 Å². The molecule has 0 saturated heterocycles. The van der Waals surface area contributed by atoms with Gasteiger partial charge in [-0.15, -0.1) is 0 Å². The molecule has 0 aromatic heterocycles. The van der Waals surface area contributed by atoms with Gasteiger partial charge in [0.25, 0.3) is 0 Å². The molecule has 1 aromatic rings. The fraction of sp³-hybridized carbons (Fsp3) is 0.533. The van der Waals surface area contributed by atoms with Crippen LogP contribution in [-0.4, -0.2) is 36.5 Å². The quantitative estimate of drug-likeness (QED) is 0.713. The molecule has 0 radical (unpaired) electrons. The summed E-state index contributed by atoms with van der Waals surface area (Å²) < 4.78 is 5.32. The number of carbonyl (C=O) groups excluding carboxylic acids is 1. The van der Waals surface area contributed by atoms with Gasteiger partial charge in [-0.3, -0.25) is 0 Å². The smallest absolute Gasteiger partial charge is 0.315 e. The van der Waals surface area contributed by atoms with Gasteiger partial charge in [0.2, 0.25) is 0 Å². The lowest BCUT2D eigenvalue weighted by Gasteiger charge is -2.27. The van der Waals surface area contributed by atoms with Crippen molar-refractivity contribution in [2.45, 2.75) is 32.4 Å². The molecule has 112 valence electrons. The summed E-state index contributed by atoms with van der Waals surface area (Å²) in [6, 6.07) is 8.63. The van der Waals surface area contributed by atoms with Crippen molar-refractivity contribution < 1.29 is 14.6 Å². The Morgan fingerprint density at radius 3 is 2.55 bits per heavy atom. The van der Waals surface area contributed by atoms with Crippen molar-refractivity contribution in [1.82, 2.24) is 10.6 Å². The van der Waals surface area contributed by atoms with Crippen molar-refractivity contribution in [1.29, 1.82) is 0 Å². The number of aliphatic hydroxyl groups excluding tert-OH is 1. The van der Waals surface area contributed by atoms with E-state index in [9.17, 15) is 9.90 Å². The first-order chi connectivity index (χ1) is 9.48. The SMILES string of the molecule is CCOCC(C)(C)NC(=O)N[C@@H](CO)c1ccccc1. The van der Waals surface area contributed by atoms with Crippen molar-refractivity contribution in [3.8, 4) is 0 Å². The van der Waals surface area contributed by atoms with Crippen LogP contribution >= 0.6 is 0 Å². The van der Waals surface area contributed by atoms with Crippen molar-refractivity contribution in [3.05, 3.63) is 35.9 Å². The summed E-state index contributed by atoms with van der Waals surface area (Å²) in [5.41, 5.74) is 0.407. The molecule has 0 spiro atoms. The number of hydrogen-bond acceptors (Lipinski definition) is 3. The molecule has 0 fully saturated rings. The highest BCUT2D eigenvalue weighted by molar-refractivity contribution is 5.75. The Bertz CT molecular complexity index is 407. The molecule has 0 saturated carbocycles. The van der Waals surface area contributed by atoms with E-state index in [0.717, 1.165) is 5.56 Å². The first-order valence-corrected chi connectivity index (χ1v) is 6.80. The summed E-state index contributed by atoms with van der Waals surface area (Å²) >= 11 is 0. The van der Waals surface area contributed by atoms with E-state index < -0.39 is 11.6 Å². The van der Waals surface area contributed by atoms with Gasteiger partial charge in [-0.05, 0) is 26.3 Å². The third kappa shape index (κ3) is 5.59. The summed E-state index contributed by atoms with van der Waals surface area (Å²) in [6.07, 6.45) is 0. The van der Waals surface area contributed by atoms with Crippen LogP contribution in [0.4, 0.5) is 4.79 Å². The lowest BCUT2D eigenvalue weighted by atomic mass is 10.1.